The molecule has 140 valence electrons. The van der Waals surface area contributed by atoms with Crippen molar-refractivity contribution in [2.75, 3.05) is 53.4 Å². The predicted molar refractivity (Wildman–Crippen MR) is 88.0 cm³/mol. The smallest absolute Gasteiger partial charge is 0.347 e. The first-order valence-corrected chi connectivity index (χ1v) is 8.22. The number of alkyl halides is 3. The van der Waals surface area contributed by atoms with E-state index in [4.69, 9.17) is 0 Å². The number of likely N-dealkylation sites (N-methyl/N-ethyl adjacent to an activating group) is 2. The second-order valence-corrected chi connectivity index (χ2v) is 5.88. The van der Waals surface area contributed by atoms with Crippen molar-refractivity contribution in [1.82, 2.24) is 20.0 Å². The minimum absolute atomic E-state index is 0.203. The molecule has 0 saturated carbocycles. The molecule has 0 aromatic rings. The third-order valence-electron chi connectivity index (χ3n) is 4.24. The van der Waals surface area contributed by atoms with Crippen LogP contribution in [0.3, 0.4) is 0 Å². The highest BCUT2D eigenvalue weighted by molar-refractivity contribution is 5.86. The summed E-state index contributed by atoms with van der Waals surface area (Å²) in [5, 5.41) is 2.87. The third-order valence-corrected chi connectivity index (χ3v) is 4.24. The number of halogens is 3. The van der Waals surface area contributed by atoms with Crippen LogP contribution in [0, 0.1) is 0 Å². The minimum Gasteiger partial charge on any atom is -0.347 e. The average Bonchev–Trinajstić information content (AvgIpc) is 2.97. The van der Waals surface area contributed by atoms with Gasteiger partial charge < -0.3 is 15.1 Å². The Labute approximate surface area is 141 Å². The van der Waals surface area contributed by atoms with Gasteiger partial charge in [-0.2, -0.15) is 13.2 Å². The molecule has 1 saturated heterocycles. The van der Waals surface area contributed by atoms with Crippen LogP contribution in [0.25, 0.3) is 0 Å². The van der Waals surface area contributed by atoms with Crippen LogP contribution in [-0.4, -0.2) is 92.1 Å². The van der Waals surface area contributed by atoms with Gasteiger partial charge in [-0.05, 0) is 19.5 Å². The predicted octanol–water partition coefficient (Wildman–Crippen LogP) is 0.999. The van der Waals surface area contributed by atoms with Crippen molar-refractivity contribution in [2.24, 2.45) is 4.99 Å². The Kier molecular flexibility index (Phi) is 7.78. The van der Waals surface area contributed by atoms with Crippen LogP contribution >= 0.6 is 0 Å². The van der Waals surface area contributed by atoms with E-state index in [-0.39, 0.29) is 6.54 Å². The van der Waals surface area contributed by atoms with Crippen molar-refractivity contribution in [3.05, 3.63) is 0 Å². The first-order chi connectivity index (χ1) is 11.2. The molecule has 9 heteroatoms. The van der Waals surface area contributed by atoms with E-state index in [1.807, 2.05) is 4.90 Å². The van der Waals surface area contributed by atoms with E-state index in [9.17, 15) is 18.0 Å². The molecule has 1 fully saturated rings. The summed E-state index contributed by atoms with van der Waals surface area (Å²) >= 11 is 0. The highest BCUT2D eigenvalue weighted by Gasteiger charge is 2.32. The van der Waals surface area contributed by atoms with E-state index in [1.165, 1.54) is 0 Å². The Morgan fingerprint density at radius 1 is 1.33 bits per heavy atom. The van der Waals surface area contributed by atoms with E-state index in [0.717, 1.165) is 39.6 Å². The first kappa shape index (κ1) is 20.5. The Hall–Kier alpha value is -1.51. The number of hydrogen-bond donors (Lipinski definition) is 1. The number of carbonyl (C=O) groups is 1. The molecule has 1 amide bonds. The monoisotopic (exact) mass is 351 g/mol. The molecule has 24 heavy (non-hydrogen) atoms. The Bertz CT molecular complexity index is 437. The Balaban J connectivity index is 2.50. The zero-order valence-electron chi connectivity index (χ0n) is 14.9. The van der Waals surface area contributed by atoms with Gasteiger partial charge >= 0.3 is 6.18 Å². The average molecular weight is 351 g/mol. The lowest BCUT2D eigenvalue weighted by Crippen LogP contribution is -2.47. The van der Waals surface area contributed by atoms with Crippen molar-refractivity contribution in [3.8, 4) is 0 Å². The van der Waals surface area contributed by atoms with Crippen LogP contribution in [0.1, 0.15) is 20.3 Å². The number of amides is 1. The van der Waals surface area contributed by atoms with E-state index in [0.29, 0.717) is 16.9 Å². The van der Waals surface area contributed by atoms with Crippen molar-refractivity contribution >= 4 is 11.9 Å². The first-order valence-electron chi connectivity index (χ1n) is 8.22. The molecule has 1 rings (SSSR count). The molecule has 0 bridgehead atoms. The zero-order valence-corrected chi connectivity index (χ0v) is 14.9. The molecule has 1 N–H and O–H groups in total. The topological polar surface area (TPSA) is 51.2 Å². The van der Waals surface area contributed by atoms with E-state index in [2.05, 4.69) is 29.1 Å². The summed E-state index contributed by atoms with van der Waals surface area (Å²) in [6.45, 7) is 6.35. The van der Waals surface area contributed by atoms with Crippen LogP contribution < -0.4 is 5.32 Å². The molecule has 0 radical (unpaired) electrons. The second-order valence-electron chi connectivity index (χ2n) is 5.88. The maximum Gasteiger partial charge on any atom is 0.406 e. The molecule has 1 unspecified atom stereocenters. The van der Waals surface area contributed by atoms with Gasteiger partial charge in [0.1, 0.15) is 6.54 Å². The Morgan fingerprint density at radius 2 is 1.96 bits per heavy atom. The van der Waals surface area contributed by atoms with Gasteiger partial charge in [0.2, 0.25) is 5.91 Å². The number of nitrogens with one attached hydrogen (secondary N) is 1. The van der Waals surface area contributed by atoms with Crippen LogP contribution in [0.5, 0.6) is 0 Å². The number of nitrogens with zero attached hydrogens (tertiary/aromatic N) is 4. The van der Waals surface area contributed by atoms with Crippen LogP contribution in [0.15, 0.2) is 4.99 Å². The van der Waals surface area contributed by atoms with Crippen molar-refractivity contribution in [3.63, 3.8) is 0 Å². The quantitative estimate of drug-likeness (QED) is 0.573. The minimum atomic E-state index is -4.39. The summed E-state index contributed by atoms with van der Waals surface area (Å²) in [5.74, 6) is -0.0635. The SMILES string of the molecule is CCN(CC)C1CCN(C(=NC)NCC(=O)N(C)CC(F)(F)F)C1. The molecule has 0 aromatic heterocycles. The van der Waals surface area contributed by atoms with Crippen LogP contribution in [-0.2, 0) is 4.79 Å². The highest BCUT2D eigenvalue weighted by Crippen LogP contribution is 2.16. The van der Waals surface area contributed by atoms with Gasteiger partial charge in [0.15, 0.2) is 5.96 Å². The Morgan fingerprint density at radius 3 is 2.46 bits per heavy atom. The van der Waals surface area contributed by atoms with Gasteiger partial charge in [0, 0.05) is 33.2 Å². The van der Waals surface area contributed by atoms with Gasteiger partial charge in [-0.25, -0.2) is 0 Å². The normalized spacial score (nSPS) is 19.1. The second kappa shape index (κ2) is 9.10. The number of likely N-dealkylation sites (tertiary alicyclic amines) is 1. The number of aliphatic imine (C=N–C) groups is 1. The van der Waals surface area contributed by atoms with Crippen LogP contribution in [0.4, 0.5) is 13.2 Å². The summed E-state index contributed by atoms with van der Waals surface area (Å²) in [4.78, 5) is 21.0. The number of guanidine groups is 1. The maximum absolute atomic E-state index is 12.3. The van der Waals surface area contributed by atoms with Gasteiger partial charge in [-0.1, -0.05) is 13.8 Å². The molecule has 1 aliphatic rings. The van der Waals surface area contributed by atoms with E-state index in [1.54, 1.807) is 7.05 Å². The standard InChI is InChI=1S/C15H28F3N5O/c1-5-22(6-2)12-7-8-23(10-12)14(19-3)20-9-13(24)21(4)11-15(16,17)18/h12H,5-11H2,1-4H3,(H,19,20). The van der Waals surface area contributed by atoms with Crippen molar-refractivity contribution in [1.29, 1.82) is 0 Å². The maximum atomic E-state index is 12.3. The molecule has 1 atom stereocenters. The summed E-state index contributed by atoms with van der Waals surface area (Å²) in [5.41, 5.74) is 0. The molecule has 0 aliphatic carbocycles. The van der Waals surface area contributed by atoms with E-state index < -0.39 is 18.6 Å². The molecular formula is C15H28F3N5O. The fourth-order valence-electron chi connectivity index (χ4n) is 2.95. The molecule has 1 heterocycles. The third kappa shape index (κ3) is 6.18. The van der Waals surface area contributed by atoms with Gasteiger partial charge in [0.25, 0.3) is 0 Å². The number of carbonyl (C=O) groups excluding carboxylic acids is 1. The molecule has 0 spiro atoms. The van der Waals surface area contributed by atoms with Crippen molar-refractivity contribution < 1.29 is 18.0 Å². The largest absolute Gasteiger partial charge is 0.406 e. The van der Waals surface area contributed by atoms with E-state index >= 15 is 0 Å². The van der Waals surface area contributed by atoms with Gasteiger partial charge in [-0.15, -0.1) is 0 Å². The van der Waals surface area contributed by atoms with Crippen molar-refractivity contribution in [2.45, 2.75) is 32.5 Å². The summed E-state index contributed by atoms with van der Waals surface area (Å²) in [6, 6.07) is 0.433. The fourth-order valence-corrected chi connectivity index (χ4v) is 2.95. The lowest BCUT2D eigenvalue weighted by Gasteiger charge is -2.27. The van der Waals surface area contributed by atoms with Gasteiger partial charge in [0.05, 0.1) is 6.54 Å². The highest BCUT2D eigenvalue weighted by atomic mass is 19.4. The number of hydrogen-bond acceptors (Lipinski definition) is 3. The lowest BCUT2D eigenvalue weighted by atomic mass is 10.2. The fraction of sp³-hybridized carbons (Fsp3) is 0.867. The summed E-state index contributed by atoms with van der Waals surface area (Å²) in [6.07, 6.45) is -3.39. The molecule has 6 nitrogen and oxygen atoms in total. The summed E-state index contributed by atoms with van der Waals surface area (Å²) < 4.78 is 36.9. The zero-order chi connectivity index (χ0) is 18.3. The molecular weight excluding hydrogens is 323 g/mol. The molecule has 1 aliphatic heterocycles. The molecule has 0 aromatic carbocycles. The van der Waals surface area contributed by atoms with Gasteiger partial charge in [-0.3, -0.25) is 14.7 Å². The van der Waals surface area contributed by atoms with Crippen LogP contribution in [0.2, 0.25) is 0 Å². The lowest BCUT2D eigenvalue weighted by molar-refractivity contribution is -0.157. The summed E-state index contributed by atoms with van der Waals surface area (Å²) in [7, 11) is 2.75. The number of rotatable bonds is 6.